The minimum Gasteiger partial charge on any atom is -0.394 e. The zero-order valence-electron chi connectivity index (χ0n) is 9.90. The second kappa shape index (κ2) is 4.37. The molecule has 1 aliphatic rings. The average Bonchev–Trinajstić information content (AvgIpc) is 2.33. The highest BCUT2D eigenvalue weighted by Crippen LogP contribution is 2.19. The third-order valence-electron chi connectivity index (χ3n) is 2.66. The predicted molar refractivity (Wildman–Crippen MR) is 68.3 cm³/mol. The van der Waals surface area contributed by atoms with Crippen molar-refractivity contribution < 1.29 is 0 Å². The summed E-state index contributed by atoms with van der Waals surface area (Å²) in [5.74, 6) is 1.02. The summed E-state index contributed by atoms with van der Waals surface area (Å²) < 4.78 is 0. The van der Waals surface area contributed by atoms with Crippen LogP contribution in [-0.4, -0.2) is 24.0 Å². The third kappa shape index (κ3) is 2.33. The van der Waals surface area contributed by atoms with Gasteiger partial charge in [-0.2, -0.15) is 0 Å². The number of aromatic nitrogens is 1. The molecule has 1 aliphatic heterocycles. The largest absolute Gasteiger partial charge is 0.394 e. The van der Waals surface area contributed by atoms with Crippen LogP contribution in [0.5, 0.6) is 0 Å². The monoisotopic (exact) mass is 232 g/mol. The topological polar surface area (TPSA) is 74.2 Å². The molecule has 90 valence electrons. The molecular formula is C12H16N4O. The molecule has 0 spiro atoms. The lowest BCUT2D eigenvalue weighted by Crippen LogP contribution is -2.30. The molecule has 5 heteroatoms. The van der Waals surface area contributed by atoms with Gasteiger partial charge in [0.1, 0.15) is 5.82 Å². The number of dihydropyridines is 1. The summed E-state index contributed by atoms with van der Waals surface area (Å²) in [5, 5.41) is 3.34. The molecule has 0 saturated heterocycles. The van der Waals surface area contributed by atoms with Crippen LogP contribution in [0.15, 0.2) is 41.1 Å². The van der Waals surface area contributed by atoms with Crippen molar-refractivity contribution in [1.82, 2.24) is 15.2 Å². The van der Waals surface area contributed by atoms with Crippen LogP contribution in [0, 0.1) is 0 Å². The molecule has 1 aromatic rings. The van der Waals surface area contributed by atoms with Gasteiger partial charge in [-0.25, -0.2) is 0 Å². The summed E-state index contributed by atoms with van der Waals surface area (Å²) in [4.78, 5) is 15.8. The zero-order valence-corrected chi connectivity index (χ0v) is 9.90. The van der Waals surface area contributed by atoms with Gasteiger partial charge in [0, 0.05) is 20.3 Å². The molecule has 0 fully saturated rings. The number of anilines is 1. The van der Waals surface area contributed by atoms with E-state index in [2.05, 4.69) is 10.3 Å². The van der Waals surface area contributed by atoms with Crippen LogP contribution in [0.1, 0.15) is 11.6 Å². The van der Waals surface area contributed by atoms with Crippen LogP contribution in [0.25, 0.3) is 0 Å². The number of nitrogen functional groups attached to an aromatic ring is 1. The van der Waals surface area contributed by atoms with Gasteiger partial charge in [0.15, 0.2) is 0 Å². The minimum atomic E-state index is -0.253. The molecule has 17 heavy (non-hydrogen) atoms. The van der Waals surface area contributed by atoms with E-state index >= 15 is 0 Å². The summed E-state index contributed by atoms with van der Waals surface area (Å²) in [6, 6.07) is 1.72. The molecule has 2 rings (SSSR count). The number of hydrogen-bond donors (Lipinski definition) is 3. The van der Waals surface area contributed by atoms with Gasteiger partial charge in [0.05, 0.1) is 11.7 Å². The van der Waals surface area contributed by atoms with Crippen molar-refractivity contribution >= 4 is 5.69 Å². The lowest BCUT2D eigenvalue weighted by atomic mass is 10.1. The Morgan fingerprint density at radius 2 is 2.18 bits per heavy atom. The fourth-order valence-electron chi connectivity index (χ4n) is 1.68. The number of allylic oxidation sites excluding steroid dienone is 2. The molecule has 0 saturated carbocycles. The fourth-order valence-corrected chi connectivity index (χ4v) is 1.68. The Kier molecular flexibility index (Phi) is 2.91. The number of nitrogens with zero attached hydrogens (tertiary/aromatic N) is 1. The van der Waals surface area contributed by atoms with Gasteiger partial charge in [-0.05, 0) is 17.7 Å². The van der Waals surface area contributed by atoms with E-state index in [-0.39, 0.29) is 17.3 Å². The van der Waals surface area contributed by atoms with E-state index in [1.165, 1.54) is 0 Å². The number of nitrogens with two attached hydrogens (primary N) is 1. The van der Waals surface area contributed by atoms with E-state index in [4.69, 9.17) is 5.73 Å². The molecule has 1 unspecified atom stereocenters. The molecule has 0 amide bonds. The van der Waals surface area contributed by atoms with Gasteiger partial charge in [0.2, 0.25) is 0 Å². The van der Waals surface area contributed by atoms with Gasteiger partial charge in [-0.3, -0.25) is 4.79 Å². The normalized spacial score (nSPS) is 18.5. The molecular weight excluding hydrogens is 216 g/mol. The van der Waals surface area contributed by atoms with E-state index in [0.29, 0.717) is 0 Å². The van der Waals surface area contributed by atoms with Crippen LogP contribution >= 0.6 is 0 Å². The van der Waals surface area contributed by atoms with Gasteiger partial charge >= 0.3 is 0 Å². The summed E-state index contributed by atoms with van der Waals surface area (Å²) in [7, 11) is 3.94. The van der Waals surface area contributed by atoms with E-state index in [0.717, 1.165) is 11.4 Å². The van der Waals surface area contributed by atoms with Gasteiger partial charge < -0.3 is 20.9 Å². The highest BCUT2D eigenvalue weighted by molar-refractivity contribution is 5.40. The predicted octanol–water partition coefficient (Wildman–Crippen LogP) is 0.561. The molecule has 5 nitrogen and oxygen atoms in total. The lowest BCUT2D eigenvalue weighted by molar-refractivity contribution is 0.442. The number of H-pyrrole nitrogens is 1. The summed E-state index contributed by atoms with van der Waals surface area (Å²) in [6.45, 7) is 0. The first-order chi connectivity index (χ1) is 8.08. The first-order valence-corrected chi connectivity index (χ1v) is 5.38. The van der Waals surface area contributed by atoms with Crippen molar-refractivity contribution in [1.29, 1.82) is 0 Å². The second-order valence-corrected chi connectivity index (χ2v) is 4.17. The summed E-state index contributed by atoms with van der Waals surface area (Å²) in [5.41, 5.74) is 6.52. The SMILES string of the molecule is CN(C)C1=CC=CC(c2c[nH]c(=O)c(N)c2)N1. The molecule has 0 bridgehead atoms. The second-order valence-electron chi connectivity index (χ2n) is 4.17. The van der Waals surface area contributed by atoms with Crippen LogP contribution in [0.2, 0.25) is 0 Å². The number of nitrogens with one attached hydrogen (secondary N) is 2. The zero-order chi connectivity index (χ0) is 12.4. The molecule has 1 atom stereocenters. The Labute approximate surface area is 99.6 Å². The highest BCUT2D eigenvalue weighted by atomic mass is 16.1. The summed E-state index contributed by atoms with van der Waals surface area (Å²) in [6.07, 6.45) is 7.67. The Balaban J connectivity index is 2.25. The number of rotatable bonds is 2. The number of hydrogen-bond acceptors (Lipinski definition) is 4. The standard InChI is InChI=1S/C12H16N4O/c1-16(2)11-5-3-4-10(15-11)8-6-9(13)12(17)14-7-8/h3-7,10,15H,13H2,1-2H3,(H,14,17). The Morgan fingerprint density at radius 1 is 1.41 bits per heavy atom. The van der Waals surface area contributed by atoms with Crippen LogP contribution in [0.3, 0.4) is 0 Å². The lowest BCUT2D eigenvalue weighted by Gasteiger charge is -2.26. The van der Waals surface area contributed by atoms with Crippen molar-refractivity contribution in [2.45, 2.75) is 6.04 Å². The first-order valence-electron chi connectivity index (χ1n) is 5.38. The van der Waals surface area contributed by atoms with E-state index in [1.807, 2.05) is 37.2 Å². The molecule has 0 aliphatic carbocycles. The Bertz CT molecular complexity index is 528. The minimum absolute atomic E-state index is 0.0246. The number of aromatic amines is 1. The number of pyridine rings is 1. The fraction of sp³-hybridized carbons (Fsp3) is 0.250. The van der Waals surface area contributed by atoms with Crippen LogP contribution in [0.4, 0.5) is 5.69 Å². The van der Waals surface area contributed by atoms with E-state index in [9.17, 15) is 4.79 Å². The Hall–Kier alpha value is -2.17. The van der Waals surface area contributed by atoms with Gasteiger partial charge in [-0.1, -0.05) is 12.2 Å². The average molecular weight is 232 g/mol. The van der Waals surface area contributed by atoms with Gasteiger partial charge in [-0.15, -0.1) is 0 Å². The maximum absolute atomic E-state index is 11.2. The van der Waals surface area contributed by atoms with E-state index < -0.39 is 0 Å². The van der Waals surface area contributed by atoms with Crippen molar-refractivity contribution in [2.75, 3.05) is 19.8 Å². The van der Waals surface area contributed by atoms with Crippen molar-refractivity contribution in [2.24, 2.45) is 0 Å². The molecule has 1 aromatic heterocycles. The van der Waals surface area contributed by atoms with Crippen LogP contribution in [-0.2, 0) is 0 Å². The molecule has 0 aromatic carbocycles. The molecule has 4 N–H and O–H groups in total. The van der Waals surface area contributed by atoms with Crippen molar-refractivity contribution in [3.63, 3.8) is 0 Å². The maximum Gasteiger partial charge on any atom is 0.271 e. The van der Waals surface area contributed by atoms with Gasteiger partial charge in [0.25, 0.3) is 5.56 Å². The molecule has 0 radical (unpaired) electrons. The Morgan fingerprint density at radius 3 is 2.82 bits per heavy atom. The first kappa shape index (κ1) is 11.3. The third-order valence-corrected chi connectivity index (χ3v) is 2.66. The smallest absolute Gasteiger partial charge is 0.271 e. The van der Waals surface area contributed by atoms with Crippen molar-refractivity contribution in [3.8, 4) is 0 Å². The highest BCUT2D eigenvalue weighted by Gasteiger charge is 2.14. The maximum atomic E-state index is 11.2. The molecule has 2 heterocycles. The van der Waals surface area contributed by atoms with Crippen molar-refractivity contribution in [3.05, 3.63) is 52.2 Å². The van der Waals surface area contributed by atoms with Crippen LogP contribution < -0.4 is 16.6 Å². The quantitative estimate of drug-likeness (QED) is 0.696. The van der Waals surface area contributed by atoms with E-state index in [1.54, 1.807) is 12.3 Å². The summed E-state index contributed by atoms with van der Waals surface area (Å²) >= 11 is 0.